The fourth-order valence-corrected chi connectivity index (χ4v) is 3.25. The van der Waals surface area contributed by atoms with Gasteiger partial charge in [0.2, 0.25) is 0 Å². The summed E-state index contributed by atoms with van der Waals surface area (Å²) in [6.07, 6.45) is 7.28. The Hall–Kier alpha value is -3.27. The summed E-state index contributed by atoms with van der Waals surface area (Å²) in [5.41, 5.74) is 2.60. The number of benzene rings is 3. The maximum absolute atomic E-state index is 14.7. The Morgan fingerprint density at radius 1 is 0.871 bits per heavy atom. The van der Waals surface area contributed by atoms with E-state index in [9.17, 15) is 13.2 Å². The van der Waals surface area contributed by atoms with Gasteiger partial charge < -0.3 is 4.74 Å². The lowest BCUT2D eigenvalue weighted by Gasteiger charge is -2.11. The number of ether oxygens (including phenoxy) is 1. The van der Waals surface area contributed by atoms with Crippen LogP contribution in [0, 0.1) is 17.5 Å². The smallest absolute Gasteiger partial charge is 0.134 e. The lowest BCUT2D eigenvalue weighted by atomic mass is 10.0. The van der Waals surface area contributed by atoms with Crippen molar-refractivity contribution in [3.05, 3.63) is 114 Å². The molecule has 0 fully saturated rings. The predicted molar refractivity (Wildman–Crippen MR) is 120 cm³/mol. The van der Waals surface area contributed by atoms with Gasteiger partial charge in [-0.2, -0.15) is 0 Å². The fourth-order valence-electron chi connectivity index (χ4n) is 3.25. The van der Waals surface area contributed by atoms with Crippen LogP contribution in [0.1, 0.15) is 30.0 Å². The van der Waals surface area contributed by atoms with Gasteiger partial charge in [0.25, 0.3) is 0 Å². The average molecular weight is 422 g/mol. The van der Waals surface area contributed by atoms with Gasteiger partial charge in [0.15, 0.2) is 0 Å². The summed E-state index contributed by atoms with van der Waals surface area (Å²) in [7, 11) is 0. The van der Waals surface area contributed by atoms with Gasteiger partial charge in [0.05, 0.1) is 0 Å². The molecule has 0 aromatic heterocycles. The number of rotatable bonds is 9. The monoisotopic (exact) mass is 422 g/mol. The van der Waals surface area contributed by atoms with Crippen molar-refractivity contribution < 1.29 is 17.9 Å². The summed E-state index contributed by atoms with van der Waals surface area (Å²) in [5, 5.41) is 0. The molecule has 3 aromatic carbocycles. The molecule has 0 saturated heterocycles. The summed E-state index contributed by atoms with van der Waals surface area (Å²) in [6, 6.07) is 14.1. The second kappa shape index (κ2) is 10.7. The van der Waals surface area contributed by atoms with Crippen LogP contribution < -0.4 is 4.74 Å². The van der Waals surface area contributed by atoms with Crippen molar-refractivity contribution in [3.63, 3.8) is 0 Å². The number of allylic oxidation sites excluding steroid dienone is 3. The minimum absolute atomic E-state index is 0.117. The highest BCUT2D eigenvalue weighted by Crippen LogP contribution is 2.28. The van der Waals surface area contributed by atoms with Crippen LogP contribution >= 0.6 is 0 Å². The lowest BCUT2D eigenvalue weighted by Crippen LogP contribution is -1.99. The SMILES string of the molecule is C=CCCc1ccc(COc2ccc(-c3ccc(C/C=C/C)c(F)c3)c(F)c2)cc1F. The van der Waals surface area contributed by atoms with Crippen molar-refractivity contribution in [1.82, 2.24) is 0 Å². The van der Waals surface area contributed by atoms with Crippen molar-refractivity contribution in [2.24, 2.45) is 0 Å². The highest BCUT2D eigenvalue weighted by molar-refractivity contribution is 5.65. The molecule has 160 valence electrons. The molecule has 0 aliphatic heterocycles. The molecule has 1 nitrogen and oxygen atoms in total. The third-order valence-corrected chi connectivity index (χ3v) is 5.02. The average Bonchev–Trinajstić information content (AvgIpc) is 2.76. The van der Waals surface area contributed by atoms with Crippen molar-refractivity contribution in [2.75, 3.05) is 0 Å². The fraction of sp³-hybridized carbons (Fsp3) is 0.185. The quantitative estimate of drug-likeness (QED) is 0.323. The second-order valence-electron chi connectivity index (χ2n) is 7.26. The van der Waals surface area contributed by atoms with Crippen LogP contribution in [0.25, 0.3) is 11.1 Å². The molecule has 0 radical (unpaired) electrons. The Morgan fingerprint density at radius 2 is 1.65 bits per heavy atom. The maximum Gasteiger partial charge on any atom is 0.134 e. The molecular formula is C27H25F3O. The summed E-state index contributed by atoms with van der Waals surface area (Å²) in [5.74, 6) is -0.843. The number of hydrogen-bond acceptors (Lipinski definition) is 1. The first-order valence-corrected chi connectivity index (χ1v) is 10.2. The minimum atomic E-state index is -0.510. The van der Waals surface area contributed by atoms with Gasteiger partial charge in [-0.15, -0.1) is 6.58 Å². The number of halogens is 3. The third kappa shape index (κ3) is 5.88. The van der Waals surface area contributed by atoms with E-state index >= 15 is 0 Å². The maximum atomic E-state index is 14.7. The van der Waals surface area contributed by atoms with Crippen LogP contribution in [0.3, 0.4) is 0 Å². The largest absolute Gasteiger partial charge is 0.489 e. The first kappa shape index (κ1) is 22.4. The highest BCUT2D eigenvalue weighted by atomic mass is 19.1. The molecule has 0 unspecified atom stereocenters. The van der Waals surface area contributed by atoms with Gasteiger partial charge in [-0.3, -0.25) is 0 Å². The summed E-state index contributed by atoms with van der Waals surface area (Å²) in [4.78, 5) is 0. The van der Waals surface area contributed by atoms with Gasteiger partial charge in [0.1, 0.15) is 29.8 Å². The van der Waals surface area contributed by atoms with Gasteiger partial charge in [-0.05, 0) is 72.7 Å². The van der Waals surface area contributed by atoms with Gasteiger partial charge in [0, 0.05) is 11.6 Å². The van der Waals surface area contributed by atoms with E-state index in [1.54, 1.807) is 42.5 Å². The molecule has 31 heavy (non-hydrogen) atoms. The standard InChI is InChI=1S/C27H25F3O/c1-3-5-7-20-10-9-19(15-25(20)28)18-31-23-13-14-24(27(30)17-23)22-12-11-21(8-6-4-2)26(29)16-22/h3-4,6,9-17H,1,5,7-8,18H2,2H3/b6-4+. The van der Waals surface area contributed by atoms with E-state index in [2.05, 4.69) is 6.58 Å². The van der Waals surface area contributed by atoms with E-state index in [1.165, 1.54) is 18.2 Å². The van der Waals surface area contributed by atoms with Crippen LogP contribution in [0.2, 0.25) is 0 Å². The van der Waals surface area contributed by atoms with Crippen molar-refractivity contribution in [1.29, 1.82) is 0 Å². The lowest BCUT2D eigenvalue weighted by molar-refractivity contribution is 0.304. The van der Waals surface area contributed by atoms with Crippen molar-refractivity contribution in [2.45, 2.75) is 32.8 Å². The van der Waals surface area contributed by atoms with Gasteiger partial charge in [-0.25, -0.2) is 13.2 Å². The Labute approximate surface area is 181 Å². The summed E-state index contributed by atoms with van der Waals surface area (Å²) < 4.78 is 48.7. The second-order valence-corrected chi connectivity index (χ2v) is 7.26. The molecule has 3 aromatic rings. The molecule has 0 N–H and O–H groups in total. The number of aryl methyl sites for hydroxylation is 1. The normalized spacial score (nSPS) is 11.1. The van der Waals surface area contributed by atoms with E-state index < -0.39 is 5.82 Å². The molecule has 0 amide bonds. The van der Waals surface area contributed by atoms with Crippen molar-refractivity contribution in [3.8, 4) is 16.9 Å². The van der Waals surface area contributed by atoms with Crippen molar-refractivity contribution >= 4 is 0 Å². The summed E-state index contributed by atoms with van der Waals surface area (Å²) in [6.45, 7) is 5.64. The molecule has 0 bridgehead atoms. The molecular weight excluding hydrogens is 397 g/mol. The topological polar surface area (TPSA) is 9.23 Å². The molecule has 0 heterocycles. The Kier molecular flexibility index (Phi) is 7.71. The zero-order valence-electron chi connectivity index (χ0n) is 17.5. The predicted octanol–water partition coefficient (Wildman–Crippen LogP) is 7.59. The molecule has 0 aliphatic carbocycles. The van der Waals surface area contributed by atoms with Crippen LogP contribution in [-0.2, 0) is 19.4 Å². The summed E-state index contributed by atoms with van der Waals surface area (Å²) >= 11 is 0. The van der Waals surface area contributed by atoms with Gasteiger partial charge in [-0.1, -0.05) is 42.5 Å². The number of hydrogen-bond donors (Lipinski definition) is 0. The Balaban J connectivity index is 1.69. The molecule has 0 saturated carbocycles. The zero-order valence-corrected chi connectivity index (χ0v) is 17.5. The highest BCUT2D eigenvalue weighted by Gasteiger charge is 2.10. The van der Waals surface area contributed by atoms with Gasteiger partial charge >= 0.3 is 0 Å². The first-order chi connectivity index (χ1) is 15.0. The minimum Gasteiger partial charge on any atom is -0.489 e. The van der Waals surface area contributed by atoms with Crippen LogP contribution in [0.4, 0.5) is 13.2 Å². The molecule has 0 aliphatic rings. The van der Waals surface area contributed by atoms with E-state index in [1.807, 2.05) is 19.1 Å². The van der Waals surface area contributed by atoms with Crippen LogP contribution in [-0.4, -0.2) is 0 Å². The molecule has 3 rings (SSSR count). The van der Waals surface area contributed by atoms with E-state index in [-0.39, 0.29) is 18.2 Å². The van der Waals surface area contributed by atoms with Crippen LogP contribution in [0.15, 0.2) is 79.4 Å². The third-order valence-electron chi connectivity index (χ3n) is 5.02. The van der Waals surface area contributed by atoms with E-state index in [4.69, 9.17) is 4.74 Å². The first-order valence-electron chi connectivity index (χ1n) is 10.2. The molecule has 0 atom stereocenters. The Morgan fingerprint density at radius 3 is 2.32 bits per heavy atom. The molecule has 0 spiro atoms. The zero-order chi connectivity index (χ0) is 22.2. The van der Waals surface area contributed by atoms with E-state index in [0.29, 0.717) is 52.8 Å². The van der Waals surface area contributed by atoms with E-state index in [0.717, 1.165) is 0 Å². The molecule has 4 heteroatoms. The Bertz CT molecular complexity index is 1090. The van der Waals surface area contributed by atoms with Crippen LogP contribution in [0.5, 0.6) is 5.75 Å².